The van der Waals surface area contributed by atoms with Crippen molar-refractivity contribution in [3.8, 4) is 0 Å². The van der Waals surface area contributed by atoms with E-state index in [1.807, 2.05) is 30.3 Å². The first-order valence-electron chi connectivity index (χ1n) is 6.43. The highest BCUT2D eigenvalue weighted by Crippen LogP contribution is 2.33. The zero-order chi connectivity index (χ0) is 15.5. The Hall–Kier alpha value is -0.730. The molecular weight excluding hydrogens is 372 g/mol. The van der Waals surface area contributed by atoms with Gasteiger partial charge in [-0.15, -0.1) is 11.3 Å². The second kappa shape index (κ2) is 7.02. The number of sulfonamides is 1. The third-order valence-corrected chi connectivity index (χ3v) is 7.29. The minimum atomic E-state index is -3.49. The minimum Gasteiger partial charge on any atom is -0.326 e. The molecule has 0 fully saturated rings. The number of hydrogen-bond donors (Lipinski definition) is 1. The van der Waals surface area contributed by atoms with Gasteiger partial charge in [-0.3, -0.25) is 0 Å². The standard InChI is InChI=1S/C14H17BrN2O2S2/c1-17(8-7-11-5-3-2-4-6-11)21(18,19)13-9-12(10-16)20-14(13)15/h2-6,9H,7-8,10,16H2,1H3. The summed E-state index contributed by atoms with van der Waals surface area (Å²) in [6.45, 7) is 0.777. The molecule has 2 aromatic rings. The van der Waals surface area contributed by atoms with E-state index < -0.39 is 10.0 Å². The van der Waals surface area contributed by atoms with Gasteiger partial charge in [-0.25, -0.2) is 12.7 Å². The molecule has 0 aliphatic carbocycles. The third kappa shape index (κ3) is 3.92. The highest BCUT2D eigenvalue weighted by atomic mass is 79.9. The zero-order valence-corrected chi connectivity index (χ0v) is 14.8. The maximum Gasteiger partial charge on any atom is 0.244 e. The molecule has 0 radical (unpaired) electrons. The maximum atomic E-state index is 12.6. The third-order valence-electron chi connectivity index (χ3n) is 3.15. The molecule has 0 saturated heterocycles. The van der Waals surface area contributed by atoms with Crippen molar-refractivity contribution in [2.45, 2.75) is 17.9 Å². The van der Waals surface area contributed by atoms with E-state index in [-0.39, 0.29) is 0 Å². The Labute approximate surface area is 137 Å². The van der Waals surface area contributed by atoms with Gasteiger partial charge >= 0.3 is 0 Å². The number of benzene rings is 1. The molecular formula is C14H17BrN2O2S2. The van der Waals surface area contributed by atoms with Gasteiger partial charge in [0.1, 0.15) is 4.90 Å². The van der Waals surface area contributed by atoms with Crippen LogP contribution in [0.4, 0.5) is 0 Å². The van der Waals surface area contributed by atoms with E-state index in [0.717, 1.165) is 10.4 Å². The van der Waals surface area contributed by atoms with Crippen molar-refractivity contribution in [1.82, 2.24) is 4.31 Å². The Morgan fingerprint density at radius 3 is 2.52 bits per heavy atom. The van der Waals surface area contributed by atoms with Gasteiger partial charge in [0.15, 0.2) is 0 Å². The van der Waals surface area contributed by atoms with Crippen LogP contribution in [-0.2, 0) is 23.0 Å². The molecule has 2 rings (SSSR count). The molecule has 0 aliphatic rings. The SMILES string of the molecule is CN(CCc1ccccc1)S(=O)(=O)c1cc(CN)sc1Br. The number of likely N-dealkylation sites (N-methyl/N-ethyl adjacent to an activating group) is 1. The van der Waals surface area contributed by atoms with Crippen LogP contribution in [0.1, 0.15) is 10.4 Å². The Balaban J connectivity index is 2.13. The number of halogens is 1. The molecule has 1 aromatic heterocycles. The Morgan fingerprint density at radius 1 is 1.29 bits per heavy atom. The van der Waals surface area contributed by atoms with Crippen LogP contribution in [0.2, 0.25) is 0 Å². The van der Waals surface area contributed by atoms with Crippen molar-refractivity contribution >= 4 is 37.3 Å². The largest absolute Gasteiger partial charge is 0.326 e. The van der Waals surface area contributed by atoms with E-state index in [0.29, 0.717) is 28.2 Å². The van der Waals surface area contributed by atoms with Crippen LogP contribution < -0.4 is 5.73 Å². The predicted molar refractivity (Wildman–Crippen MR) is 89.9 cm³/mol. The molecule has 0 amide bonds. The van der Waals surface area contributed by atoms with Gasteiger partial charge in [0, 0.05) is 25.0 Å². The summed E-state index contributed by atoms with van der Waals surface area (Å²) in [5.74, 6) is 0. The summed E-state index contributed by atoms with van der Waals surface area (Å²) < 4.78 is 27.1. The Morgan fingerprint density at radius 2 is 1.95 bits per heavy atom. The van der Waals surface area contributed by atoms with Crippen LogP contribution in [0.5, 0.6) is 0 Å². The van der Waals surface area contributed by atoms with E-state index in [2.05, 4.69) is 15.9 Å². The fourth-order valence-electron chi connectivity index (χ4n) is 1.89. The highest BCUT2D eigenvalue weighted by molar-refractivity contribution is 9.11. The fraction of sp³-hybridized carbons (Fsp3) is 0.286. The molecule has 0 aliphatic heterocycles. The van der Waals surface area contributed by atoms with Crippen molar-refractivity contribution in [2.24, 2.45) is 5.73 Å². The van der Waals surface area contributed by atoms with Crippen LogP contribution in [0.25, 0.3) is 0 Å². The Kier molecular flexibility index (Phi) is 5.56. The molecule has 0 bridgehead atoms. The van der Waals surface area contributed by atoms with Gasteiger partial charge < -0.3 is 5.73 Å². The molecule has 7 heteroatoms. The lowest BCUT2D eigenvalue weighted by atomic mass is 10.2. The summed E-state index contributed by atoms with van der Waals surface area (Å²) in [6, 6.07) is 11.5. The maximum absolute atomic E-state index is 12.6. The first-order chi connectivity index (χ1) is 9.95. The summed E-state index contributed by atoms with van der Waals surface area (Å²) in [5.41, 5.74) is 6.68. The number of nitrogens with two attached hydrogens (primary N) is 1. The molecule has 114 valence electrons. The second-order valence-corrected chi connectivity index (χ2v) is 9.08. The summed E-state index contributed by atoms with van der Waals surface area (Å²) in [7, 11) is -1.89. The van der Waals surface area contributed by atoms with E-state index >= 15 is 0 Å². The lowest BCUT2D eigenvalue weighted by Gasteiger charge is -2.16. The lowest BCUT2D eigenvalue weighted by molar-refractivity contribution is 0.472. The van der Waals surface area contributed by atoms with Crippen LogP contribution in [0.15, 0.2) is 45.1 Å². The van der Waals surface area contributed by atoms with Crippen molar-refractivity contribution in [2.75, 3.05) is 13.6 Å². The number of nitrogens with zero attached hydrogens (tertiary/aromatic N) is 1. The van der Waals surface area contributed by atoms with Crippen molar-refractivity contribution in [1.29, 1.82) is 0 Å². The predicted octanol–water partition coefficient (Wildman–Crippen LogP) is 2.83. The van der Waals surface area contributed by atoms with E-state index in [1.54, 1.807) is 13.1 Å². The minimum absolute atomic E-state index is 0.295. The second-order valence-electron chi connectivity index (χ2n) is 4.62. The van der Waals surface area contributed by atoms with E-state index in [9.17, 15) is 8.42 Å². The van der Waals surface area contributed by atoms with Gasteiger partial charge in [0.05, 0.1) is 3.79 Å². The summed E-state index contributed by atoms with van der Waals surface area (Å²) >= 11 is 4.67. The first-order valence-corrected chi connectivity index (χ1v) is 9.48. The lowest BCUT2D eigenvalue weighted by Crippen LogP contribution is -2.29. The smallest absolute Gasteiger partial charge is 0.244 e. The highest BCUT2D eigenvalue weighted by Gasteiger charge is 2.25. The molecule has 1 aromatic carbocycles. The summed E-state index contributed by atoms with van der Waals surface area (Å²) in [6.07, 6.45) is 0.683. The van der Waals surface area contributed by atoms with Crippen molar-refractivity contribution < 1.29 is 8.42 Å². The molecule has 0 atom stereocenters. The normalized spacial score (nSPS) is 12.0. The molecule has 2 N–H and O–H groups in total. The summed E-state index contributed by atoms with van der Waals surface area (Å²) in [5, 5.41) is 0. The van der Waals surface area contributed by atoms with Gasteiger partial charge in [-0.1, -0.05) is 30.3 Å². The molecule has 21 heavy (non-hydrogen) atoms. The topological polar surface area (TPSA) is 63.4 Å². The van der Waals surface area contributed by atoms with E-state index in [1.165, 1.54) is 15.6 Å². The van der Waals surface area contributed by atoms with Gasteiger partial charge in [-0.05, 0) is 34.0 Å². The fourth-order valence-corrected chi connectivity index (χ4v) is 5.57. The molecule has 1 heterocycles. The Bertz CT molecular complexity index is 699. The first kappa shape index (κ1) is 16.6. The average Bonchev–Trinajstić information content (AvgIpc) is 2.87. The van der Waals surface area contributed by atoms with Crippen LogP contribution in [0, 0.1) is 0 Å². The molecule has 0 saturated carbocycles. The van der Waals surface area contributed by atoms with Gasteiger partial charge in [0.2, 0.25) is 10.0 Å². The molecule has 0 unspecified atom stereocenters. The monoisotopic (exact) mass is 388 g/mol. The zero-order valence-electron chi connectivity index (χ0n) is 11.6. The van der Waals surface area contributed by atoms with Crippen LogP contribution in [-0.4, -0.2) is 26.3 Å². The van der Waals surface area contributed by atoms with Crippen LogP contribution in [0.3, 0.4) is 0 Å². The number of rotatable bonds is 6. The molecule has 0 spiro atoms. The van der Waals surface area contributed by atoms with Gasteiger partial charge in [0.25, 0.3) is 0 Å². The number of hydrogen-bond acceptors (Lipinski definition) is 4. The van der Waals surface area contributed by atoms with Crippen molar-refractivity contribution in [3.05, 3.63) is 50.6 Å². The molecule has 4 nitrogen and oxygen atoms in total. The van der Waals surface area contributed by atoms with Crippen LogP contribution >= 0.6 is 27.3 Å². The number of thiophene rings is 1. The average molecular weight is 389 g/mol. The summed E-state index contributed by atoms with van der Waals surface area (Å²) in [4.78, 5) is 1.14. The quantitative estimate of drug-likeness (QED) is 0.827. The van der Waals surface area contributed by atoms with Crippen molar-refractivity contribution in [3.63, 3.8) is 0 Å². The van der Waals surface area contributed by atoms with Gasteiger partial charge in [-0.2, -0.15) is 0 Å². The van der Waals surface area contributed by atoms with E-state index in [4.69, 9.17) is 5.73 Å².